The van der Waals surface area contributed by atoms with Crippen molar-refractivity contribution in [3.63, 3.8) is 0 Å². The van der Waals surface area contributed by atoms with E-state index in [-0.39, 0.29) is 0 Å². The molecule has 5 nitrogen and oxygen atoms in total. The van der Waals surface area contributed by atoms with Crippen molar-refractivity contribution < 1.29 is 49.4 Å². The summed E-state index contributed by atoms with van der Waals surface area (Å²) in [5.74, 6) is -4.37. The summed E-state index contributed by atoms with van der Waals surface area (Å²) in [6, 6.07) is 0. The maximum atomic E-state index is 13.1. The Balaban J connectivity index is 3.76. The zero-order valence-corrected chi connectivity index (χ0v) is 13.0. The third-order valence-corrected chi connectivity index (χ3v) is 2.93. The number of nitrogens with one attached hydrogen (secondary N) is 1. The van der Waals surface area contributed by atoms with Crippen molar-refractivity contribution in [3.8, 4) is 0 Å². The van der Waals surface area contributed by atoms with Crippen molar-refractivity contribution in [1.29, 1.82) is 0 Å². The number of rotatable bonds is 4. The van der Waals surface area contributed by atoms with E-state index in [1.165, 1.54) is 6.92 Å². The topological polar surface area (TPSA) is 68.3 Å². The highest BCUT2D eigenvalue weighted by Crippen LogP contribution is 2.39. The molecule has 0 aliphatic rings. The number of amides is 1. The van der Waals surface area contributed by atoms with Gasteiger partial charge < -0.3 is 10.1 Å². The number of nitrogens with zero attached hydrogens (tertiary/aromatic N) is 1. The summed E-state index contributed by atoms with van der Waals surface area (Å²) in [4.78, 5) is 25.4. The van der Waals surface area contributed by atoms with Gasteiger partial charge in [0, 0.05) is 0 Å². The van der Waals surface area contributed by atoms with E-state index < -0.39 is 65.5 Å². The largest absolute Gasteiger partial charge is 0.471 e. The lowest BCUT2D eigenvalue weighted by Gasteiger charge is -2.20. The Hall–Kier alpha value is -2.47. The first-order valence-corrected chi connectivity index (χ1v) is 6.66. The molecule has 0 aromatic carbocycles. The maximum absolute atomic E-state index is 13.1. The third-order valence-electron chi connectivity index (χ3n) is 2.93. The molecule has 1 aromatic rings. The van der Waals surface area contributed by atoms with Crippen LogP contribution in [0.5, 0.6) is 0 Å². The lowest BCUT2D eigenvalue weighted by molar-refractivity contribution is -0.167. The Kier molecular flexibility index (Phi) is 6.15. The minimum atomic E-state index is -5.52. The van der Waals surface area contributed by atoms with Crippen molar-refractivity contribution in [1.82, 2.24) is 4.98 Å². The zero-order chi connectivity index (χ0) is 20.4. The highest BCUT2D eigenvalue weighted by molar-refractivity contribution is 6.00. The van der Waals surface area contributed by atoms with E-state index in [9.17, 15) is 44.7 Å². The van der Waals surface area contributed by atoms with Crippen molar-refractivity contribution in [2.75, 3.05) is 11.9 Å². The molecule has 1 amide bonds. The Morgan fingerprint density at radius 3 is 2.08 bits per heavy atom. The van der Waals surface area contributed by atoms with Gasteiger partial charge in [-0.1, -0.05) is 0 Å². The molecule has 1 heterocycles. The second kappa shape index (κ2) is 7.41. The standard InChI is InChI=1S/C13H10F8N2O3/c1-3-26-10(24)5-4(2)6(23-11(25)13(19,20)21)7(9(14)15)22-8(5)12(16,17)18/h9H,3H2,1-2H3,(H,23,25). The zero-order valence-electron chi connectivity index (χ0n) is 13.0. The molecule has 0 fully saturated rings. The first kappa shape index (κ1) is 21.6. The van der Waals surface area contributed by atoms with Gasteiger partial charge in [0.2, 0.25) is 0 Å². The number of ether oxygens (including phenoxy) is 1. The smallest absolute Gasteiger partial charge is 0.462 e. The van der Waals surface area contributed by atoms with Crippen LogP contribution in [0.2, 0.25) is 0 Å². The fourth-order valence-electron chi connectivity index (χ4n) is 1.89. The molecule has 1 aromatic heterocycles. The van der Waals surface area contributed by atoms with Crippen LogP contribution >= 0.6 is 0 Å². The first-order valence-electron chi connectivity index (χ1n) is 6.66. The molecular formula is C13H10F8N2O3. The second-order valence-electron chi connectivity index (χ2n) is 4.69. The van der Waals surface area contributed by atoms with Gasteiger partial charge in [0.25, 0.3) is 6.43 Å². The number of anilines is 1. The summed E-state index contributed by atoms with van der Waals surface area (Å²) in [6.45, 7) is 1.48. The van der Waals surface area contributed by atoms with Gasteiger partial charge in [-0.15, -0.1) is 0 Å². The molecule has 146 valence electrons. The number of carbonyl (C=O) groups excluding carboxylic acids is 2. The van der Waals surface area contributed by atoms with Crippen LogP contribution in [0.3, 0.4) is 0 Å². The van der Waals surface area contributed by atoms with E-state index in [2.05, 4.69) is 9.72 Å². The fourth-order valence-corrected chi connectivity index (χ4v) is 1.89. The van der Waals surface area contributed by atoms with Crippen LogP contribution in [-0.2, 0) is 15.7 Å². The van der Waals surface area contributed by atoms with Gasteiger partial charge in [-0.05, 0) is 19.4 Å². The van der Waals surface area contributed by atoms with Crippen LogP contribution in [0.25, 0.3) is 0 Å². The van der Waals surface area contributed by atoms with Gasteiger partial charge in [0.15, 0.2) is 5.69 Å². The quantitative estimate of drug-likeness (QED) is 0.619. The van der Waals surface area contributed by atoms with E-state index >= 15 is 0 Å². The molecule has 13 heteroatoms. The number of aromatic nitrogens is 1. The molecule has 0 bridgehead atoms. The minimum Gasteiger partial charge on any atom is -0.462 e. The molecule has 1 N–H and O–H groups in total. The molecule has 0 radical (unpaired) electrons. The molecule has 0 unspecified atom stereocenters. The monoisotopic (exact) mass is 394 g/mol. The van der Waals surface area contributed by atoms with Crippen LogP contribution in [0.15, 0.2) is 0 Å². The van der Waals surface area contributed by atoms with Gasteiger partial charge in [0.05, 0.1) is 17.9 Å². The molecule has 0 spiro atoms. The lowest BCUT2D eigenvalue weighted by atomic mass is 10.0. The fraction of sp³-hybridized carbons (Fsp3) is 0.462. The molecule has 1 rings (SSSR count). The summed E-state index contributed by atoms with van der Waals surface area (Å²) < 4.78 is 107. The second-order valence-corrected chi connectivity index (χ2v) is 4.69. The van der Waals surface area contributed by atoms with Gasteiger partial charge in [-0.2, -0.15) is 26.3 Å². The Morgan fingerprint density at radius 2 is 1.69 bits per heavy atom. The summed E-state index contributed by atoms with van der Waals surface area (Å²) in [6.07, 6.45) is -14.7. The SMILES string of the molecule is CCOC(=O)c1c(C(F)(F)F)nc(C(F)F)c(NC(=O)C(F)(F)F)c1C. The number of halogens is 8. The van der Waals surface area contributed by atoms with Crippen LogP contribution in [-0.4, -0.2) is 29.6 Å². The van der Waals surface area contributed by atoms with E-state index in [1.54, 1.807) is 0 Å². The van der Waals surface area contributed by atoms with Crippen LogP contribution in [0.4, 0.5) is 40.8 Å². The predicted octanol–water partition coefficient (Wildman–Crippen LogP) is 4.02. The average Bonchev–Trinajstić information content (AvgIpc) is 2.46. The van der Waals surface area contributed by atoms with E-state index in [1.807, 2.05) is 0 Å². The summed E-state index contributed by atoms with van der Waals surface area (Å²) in [5, 5.41) is 1.03. The summed E-state index contributed by atoms with van der Waals surface area (Å²) in [7, 11) is 0. The molecule has 0 aliphatic carbocycles. The maximum Gasteiger partial charge on any atom is 0.471 e. The number of pyridine rings is 1. The van der Waals surface area contributed by atoms with E-state index in [4.69, 9.17) is 0 Å². The highest BCUT2D eigenvalue weighted by atomic mass is 19.4. The number of esters is 1. The number of carbonyl (C=O) groups is 2. The molecule has 0 saturated heterocycles. The third kappa shape index (κ3) is 4.58. The predicted molar refractivity (Wildman–Crippen MR) is 69.6 cm³/mol. The molecule has 0 aliphatic heterocycles. The highest BCUT2D eigenvalue weighted by Gasteiger charge is 2.43. The molecule has 0 saturated carbocycles. The van der Waals surface area contributed by atoms with Gasteiger partial charge in [-0.3, -0.25) is 4.79 Å². The molecule has 26 heavy (non-hydrogen) atoms. The van der Waals surface area contributed by atoms with Crippen molar-refractivity contribution in [2.45, 2.75) is 32.6 Å². The van der Waals surface area contributed by atoms with Gasteiger partial charge in [0.1, 0.15) is 5.69 Å². The lowest BCUT2D eigenvalue weighted by Crippen LogP contribution is -2.32. The van der Waals surface area contributed by atoms with Gasteiger partial charge >= 0.3 is 24.2 Å². The Labute approximate surface area is 140 Å². The summed E-state index contributed by atoms with van der Waals surface area (Å²) >= 11 is 0. The van der Waals surface area contributed by atoms with Gasteiger partial charge in [-0.25, -0.2) is 18.6 Å². The van der Waals surface area contributed by atoms with Crippen molar-refractivity contribution >= 4 is 17.6 Å². The van der Waals surface area contributed by atoms with E-state index in [0.717, 1.165) is 5.32 Å². The van der Waals surface area contributed by atoms with E-state index in [0.29, 0.717) is 6.92 Å². The average molecular weight is 394 g/mol. The Bertz CT molecular complexity index is 713. The number of hydrogen-bond acceptors (Lipinski definition) is 4. The van der Waals surface area contributed by atoms with Crippen molar-refractivity contribution in [3.05, 3.63) is 22.5 Å². The summed E-state index contributed by atoms with van der Waals surface area (Å²) in [5.41, 5.74) is -7.53. The van der Waals surface area contributed by atoms with Crippen LogP contribution in [0, 0.1) is 6.92 Å². The number of hydrogen-bond donors (Lipinski definition) is 1. The Morgan fingerprint density at radius 1 is 1.15 bits per heavy atom. The molecular weight excluding hydrogens is 384 g/mol. The minimum absolute atomic E-state index is 0.406. The first-order chi connectivity index (χ1) is 11.7. The molecule has 0 atom stereocenters. The normalized spacial score (nSPS) is 12.3. The van der Waals surface area contributed by atoms with Crippen molar-refractivity contribution in [2.24, 2.45) is 0 Å². The van der Waals surface area contributed by atoms with Crippen LogP contribution < -0.4 is 5.32 Å². The van der Waals surface area contributed by atoms with Crippen LogP contribution in [0.1, 0.15) is 40.7 Å². The number of alkyl halides is 8.